The first kappa shape index (κ1) is 14.0. The van der Waals surface area contributed by atoms with Crippen LogP contribution in [0.1, 0.15) is 30.9 Å². The summed E-state index contributed by atoms with van der Waals surface area (Å²) < 4.78 is 0. The molecule has 0 aliphatic rings. The predicted molar refractivity (Wildman–Crippen MR) is 70.0 cm³/mol. The molecule has 0 saturated carbocycles. The molecule has 1 aromatic carbocycles. The normalized spacial score (nSPS) is 12.6. The van der Waals surface area contributed by atoms with Gasteiger partial charge in [0.15, 0.2) is 0 Å². The van der Waals surface area contributed by atoms with Gasteiger partial charge < -0.3 is 15.5 Å². The number of hydrogen-bond donors (Lipinski definition) is 3. The highest BCUT2D eigenvalue weighted by Crippen LogP contribution is 2.21. The van der Waals surface area contributed by atoms with Gasteiger partial charge >= 0.3 is 0 Å². The summed E-state index contributed by atoms with van der Waals surface area (Å²) in [6.45, 7) is 5.83. The fourth-order valence-corrected chi connectivity index (χ4v) is 1.91. The number of phenolic OH excluding ortho intramolecular Hbond substituents is 1. The van der Waals surface area contributed by atoms with E-state index < -0.39 is 0 Å². The van der Waals surface area contributed by atoms with Gasteiger partial charge in [-0.05, 0) is 31.4 Å². The lowest BCUT2D eigenvalue weighted by molar-refractivity contribution is 0.251. The van der Waals surface area contributed by atoms with Gasteiger partial charge in [-0.2, -0.15) is 0 Å². The van der Waals surface area contributed by atoms with Crippen LogP contribution in [0, 0.1) is 12.8 Å². The Morgan fingerprint density at radius 2 is 2.12 bits per heavy atom. The Kier molecular flexibility index (Phi) is 6.01. The summed E-state index contributed by atoms with van der Waals surface area (Å²) in [5.74, 6) is 0.891. The first-order valence-electron chi connectivity index (χ1n) is 6.28. The van der Waals surface area contributed by atoms with E-state index >= 15 is 0 Å². The van der Waals surface area contributed by atoms with Crippen LogP contribution in [0.25, 0.3) is 0 Å². The number of phenols is 1. The summed E-state index contributed by atoms with van der Waals surface area (Å²) in [5, 5.41) is 22.1. The number of rotatable bonds is 7. The Bertz CT molecular complexity index is 339. The first-order valence-corrected chi connectivity index (χ1v) is 6.28. The van der Waals surface area contributed by atoms with Crippen LogP contribution in [0.2, 0.25) is 0 Å². The molecule has 3 heteroatoms. The second-order valence-corrected chi connectivity index (χ2v) is 4.50. The zero-order chi connectivity index (χ0) is 12.7. The van der Waals surface area contributed by atoms with Crippen LogP contribution in [0.15, 0.2) is 18.2 Å². The summed E-state index contributed by atoms with van der Waals surface area (Å²) in [7, 11) is 0. The molecule has 0 heterocycles. The van der Waals surface area contributed by atoms with Gasteiger partial charge in [0, 0.05) is 18.7 Å². The lowest BCUT2D eigenvalue weighted by atomic mass is 10.0. The second kappa shape index (κ2) is 7.30. The van der Waals surface area contributed by atoms with Gasteiger partial charge in [-0.15, -0.1) is 0 Å². The van der Waals surface area contributed by atoms with E-state index in [0.717, 1.165) is 30.5 Å². The Morgan fingerprint density at radius 1 is 1.35 bits per heavy atom. The van der Waals surface area contributed by atoms with Gasteiger partial charge in [-0.3, -0.25) is 0 Å². The van der Waals surface area contributed by atoms with Crippen LogP contribution >= 0.6 is 0 Å². The molecular weight excluding hydrogens is 214 g/mol. The SMILES string of the molecule is CCC(CCO)CNCc1cccc(C)c1O. The number of aromatic hydroxyl groups is 1. The molecule has 0 radical (unpaired) electrons. The molecule has 1 unspecified atom stereocenters. The molecule has 0 saturated heterocycles. The third-order valence-electron chi connectivity index (χ3n) is 3.18. The highest BCUT2D eigenvalue weighted by Gasteiger charge is 2.07. The first-order chi connectivity index (χ1) is 8.19. The quantitative estimate of drug-likeness (QED) is 0.681. The van der Waals surface area contributed by atoms with Crippen molar-refractivity contribution in [1.82, 2.24) is 5.32 Å². The van der Waals surface area contributed by atoms with Crippen LogP contribution in [-0.4, -0.2) is 23.4 Å². The Hall–Kier alpha value is -1.06. The lowest BCUT2D eigenvalue weighted by Crippen LogP contribution is -2.23. The summed E-state index contributed by atoms with van der Waals surface area (Å²) >= 11 is 0. The van der Waals surface area contributed by atoms with Gasteiger partial charge in [-0.25, -0.2) is 0 Å². The zero-order valence-electron chi connectivity index (χ0n) is 10.7. The highest BCUT2D eigenvalue weighted by atomic mass is 16.3. The van der Waals surface area contributed by atoms with Crippen LogP contribution in [0.5, 0.6) is 5.75 Å². The molecule has 3 nitrogen and oxygen atoms in total. The van der Waals surface area contributed by atoms with E-state index in [1.54, 1.807) is 0 Å². The molecule has 0 aromatic heterocycles. The minimum atomic E-state index is 0.246. The molecule has 96 valence electrons. The van der Waals surface area contributed by atoms with Gasteiger partial charge in [0.05, 0.1) is 0 Å². The monoisotopic (exact) mass is 237 g/mol. The van der Waals surface area contributed by atoms with E-state index in [4.69, 9.17) is 5.11 Å². The largest absolute Gasteiger partial charge is 0.507 e. The maximum absolute atomic E-state index is 9.84. The molecule has 3 N–H and O–H groups in total. The van der Waals surface area contributed by atoms with Crippen molar-refractivity contribution in [2.24, 2.45) is 5.92 Å². The van der Waals surface area contributed by atoms with Crippen molar-refractivity contribution >= 4 is 0 Å². The van der Waals surface area contributed by atoms with E-state index in [0.29, 0.717) is 18.2 Å². The van der Waals surface area contributed by atoms with E-state index in [-0.39, 0.29) is 6.61 Å². The molecule has 0 aliphatic heterocycles. The predicted octanol–water partition coefficient (Wildman–Crippen LogP) is 2.20. The smallest absolute Gasteiger partial charge is 0.122 e. The number of aliphatic hydroxyl groups excluding tert-OH is 1. The van der Waals surface area contributed by atoms with Gasteiger partial charge in [0.1, 0.15) is 5.75 Å². The maximum atomic E-state index is 9.84. The van der Waals surface area contributed by atoms with Crippen molar-refractivity contribution in [2.45, 2.75) is 33.2 Å². The second-order valence-electron chi connectivity index (χ2n) is 4.50. The fourth-order valence-electron chi connectivity index (χ4n) is 1.91. The molecule has 17 heavy (non-hydrogen) atoms. The topological polar surface area (TPSA) is 52.5 Å². The average Bonchev–Trinajstić information content (AvgIpc) is 2.33. The number of hydrogen-bond acceptors (Lipinski definition) is 3. The zero-order valence-corrected chi connectivity index (χ0v) is 10.7. The molecule has 0 spiro atoms. The standard InChI is InChI=1S/C14H23NO2/c1-3-12(7-8-16)9-15-10-13-6-4-5-11(2)14(13)17/h4-6,12,15-17H,3,7-10H2,1-2H3. The van der Waals surface area contributed by atoms with Crippen LogP contribution in [0.3, 0.4) is 0 Å². The van der Waals surface area contributed by atoms with E-state index in [2.05, 4.69) is 12.2 Å². The van der Waals surface area contributed by atoms with Gasteiger partial charge in [0.2, 0.25) is 0 Å². The summed E-state index contributed by atoms with van der Waals surface area (Å²) in [6, 6.07) is 5.79. The Balaban J connectivity index is 2.42. The van der Waals surface area contributed by atoms with Crippen molar-refractivity contribution in [3.8, 4) is 5.75 Å². The molecular formula is C14H23NO2. The summed E-state index contributed by atoms with van der Waals surface area (Å²) in [6.07, 6.45) is 1.90. The van der Waals surface area contributed by atoms with Crippen molar-refractivity contribution in [3.05, 3.63) is 29.3 Å². The summed E-state index contributed by atoms with van der Waals surface area (Å²) in [5.41, 5.74) is 1.84. The molecule has 1 aromatic rings. The van der Waals surface area contributed by atoms with E-state index in [1.165, 1.54) is 0 Å². The van der Waals surface area contributed by atoms with Crippen LogP contribution < -0.4 is 5.32 Å². The van der Waals surface area contributed by atoms with Crippen molar-refractivity contribution in [2.75, 3.05) is 13.2 Å². The molecule has 0 fully saturated rings. The van der Waals surface area contributed by atoms with Crippen molar-refractivity contribution < 1.29 is 10.2 Å². The highest BCUT2D eigenvalue weighted by molar-refractivity contribution is 5.39. The Labute approximate surface area is 103 Å². The van der Waals surface area contributed by atoms with Crippen LogP contribution in [0.4, 0.5) is 0 Å². The van der Waals surface area contributed by atoms with Crippen molar-refractivity contribution in [3.63, 3.8) is 0 Å². The molecule has 1 rings (SSSR count). The average molecular weight is 237 g/mol. The molecule has 1 atom stereocenters. The number of nitrogens with one attached hydrogen (secondary N) is 1. The van der Waals surface area contributed by atoms with Gasteiger partial charge in [0.25, 0.3) is 0 Å². The minimum absolute atomic E-state index is 0.246. The number of benzene rings is 1. The number of aryl methyl sites for hydroxylation is 1. The lowest BCUT2D eigenvalue weighted by Gasteiger charge is -2.15. The number of aliphatic hydroxyl groups is 1. The van der Waals surface area contributed by atoms with Crippen LogP contribution in [-0.2, 0) is 6.54 Å². The number of para-hydroxylation sites is 1. The molecule has 0 amide bonds. The van der Waals surface area contributed by atoms with Gasteiger partial charge in [-0.1, -0.05) is 31.5 Å². The Morgan fingerprint density at radius 3 is 2.76 bits per heavy atom. The van der Waals surface area contributed by atoms with E-state index in [9.17, 15) is 5.11 Å². The molecule has 0 bridgehead atoms. The maximum Gasteiger partial charge on any atom is 0.122 e. The third kappa shape index (κ3) is 4.36. The molecule has 0 aliphatic carbocycles. The summed E-state index contributed by atoms with van der Waals surface area (Å²) in [4.78, 5) is 0. The third-order valence-corrected chi connectivity index (χ3v) is 3.18. The minimum Gasteiger partial charge on any atom is -0.507 e. The fraction of sp³-hybridized carbons (Fsp3) is 0.571. The van der Waals surface area contributed by atoms with Crippen molar-refractivity contribution in [1.29, 1.82) is 0 Å². The van der Waals surface area contributed by atoms with E-state index in [1.807, 2.05) is 25.1 Å².